The molecule has 2 heterocycles. The maximum Gasteiger partial charge on any atom is 0.266 e. The zero-order chi connectivity index (χ0) is 20.4. The van der Waals surface area contributed by atoms with Gasteiger partial charge < -0.3 is 19.4 Å². The monoisotopic (exact) mass is 412 g/mol. The van der Waals surface area contributed by atoms with Crippen LogP contribution in [0.3, 0.4) is 0 Å². The first-order valence-corrected chi connectivity index (χ1v) is 10.0. The Morgan fingerprint density at radius 2 is 2.03 bits per heavy atom. The number of methoxy groups -OCH3 is 2. The smallest absolute Gasteiger partial charge is 0.266 e. The van der Waals surface area contributed by atoms with Gasteiger partial charge in [0.2, 0.25) is 0 Å². The molecule has 150 valence electrons. The van der Waals surface area contributed by atoms with E-state index in [0.717, 1.165) is 22.1 Å². The van der Waals surface area contributed by atoms with E-state index in [1.807, 2.05) is 36.5 Å². The average molecular weight is 412 g/mol. The first-order valence-electron chi connectivity index (χ1n) is 9.20. The Hall–Kier alpha value is -2.74. The molecule has 5 nitrogen and oxygen atoms in total. The van der Waals surface area contributed by atoms with E-state index in [4.69, 9.17) is 9.47 Å². The van der Waals surface area contributed by atoms with Crippen molar-refractivity contribution in [2.75, 3.05) is 26.1 Å². The maximum atomic E-state index is 14.3. The normalized spacial score (nSPS) is 11.4. The molecule has 0 saturated carbocycles. The summed E-state index contributed by atoms with van der Waals surface area (Å²) in [5.41, 5.74) is 2.34. The third-order valence-corrected chi connectivity index (χ3v) is 6.02. The zero-order valence-corrected chi connectivity index (χ0v) is 17.0. The van der Waals surface area contributed by atoms with Crippen LogP contribution < -0.4 is 5.32 Å². The van der Waals surface area contributed by atoms with Crippen LogP contribution in [0.2, 0.25) is 0 Å². The molecule has 0 bridgehead atoms. The summed E-state index contributed by atoms with van der Waals surface area (Å²) < 4.78 is 27.6. The number of benzene rings is 2. The summed E-state index contributed by atoms with van der Waals surface area (Å²) in [6.07, 6.45) is 2.00. The molecular formula is C22H21FN2O3S. The standard InChI is InChI=1S/C22H21FN2O3S/c1-27-11-10-25-9-8-14-12-15(6-7-18(14)25)24-22(26)21-16(13-28-2)20-17(23)4-3-5-19(20)29-21/h3-9,12H,10-11,13H2,1-2H3,(H,24,26). The number of nitrogens with one attached hydrogen (secondary N) is 1. The molecule has 0 fully saturated rings. The summed E-state index contributed by atoms with van der Waals surface area (Å²) in [5, 5.41) is 4.42. The van der Waals surface area contributed by atoms with Crippen molar-refractivity contribution in [2.45, 2.75) is 13.2 Å². The topological polar surface area (TPSA) is 52.5 Å². The SMILES string of the molecule is COCCn1ccc2cc(NC(=O)c3sc4cccc(F)c4c3COC)ccc21. The number of hydrogen-bond acceptors (Lipinski definition) is 4. The number of thiophene rings is 1. The number of aromatic nitrogens is 1. The second-order valence-electron chi connectivity index (χ2n) is 6.69. The molecular weight excluding hydrogens is 391 g/mol. The van der Waals surface area contributed by atoms with Gasteiger partial charge in [0.1, 0.15) is 5.82 Å². The molecule has 0 aliphatic rings. The van der Waals surface area contributed by atoms with Crippen LogP contribution in [0.1, 0.15) is 15.2 Å². The summed E-state index contributed by atoms with van der Waals surface area (Å²) in [6, 6.07) is 12.6. The minimum absolute atomic E-state index is 0.172. The molecule has 7 heteroatoms. The largest absolute Gasteiger partial charge is 0.383 e. The van der Waals surface area contributed by atoms with E-state index in [1.165, 1.54) is 24.5 Å². The molecule has 4 rings (SSSR count). The van der Waals surface area contributed by atoms with Crippen LogP contribution in [0.5, 0.6) is 0 Å². The van der Waals surface area contributed by atoms with Gasteiger partial charge in [0, 0.05) is 59.2 Å². The van der Waals surface area contributed by atoms with E-state index >= 15 is 0 Å². The number of amides is 1. The molecule has 1 N–H and O–H groups in total. The zero-order valence-electron chi connectivity index (χ0n) is 16.2. The van der Waals surface area contributed by atoms with Gasteiger partial charge in [0.25, 0.3) is 5.91 Å². The number of nitrogens with zero attached hydrogens (tertiary/aromatic N) is 1. The molecule has 0 unspecified atom stereocenters. The Morgan fingerprint density at radius 1 is 1.17 bits per heavy atom. The van der Waals surface area contributed by atoms with Crippen LogP contribution in [-0.4, -0.2) is 31.3 Å². The molecule has 4 aromatic rings. The molecule has 29 heavy (non-hydrogen) atoms. The number of carbonyl (C=O) groups excluding carboxylic acids is 1. The predicted molar refractivity (Wildman–Crippen MR) is 114 cm³/mol. The number of ether oxygens (including phenoxy) is 2. The number of carbonyl (C=O) groups is 1. The fraction of sp³-hybridized carbons (Fsp3) is 0.227. The van der Waals surface area contributed by atoms with Gasteiger partial charge in [-0.25, -0.2) is 4.39 Å². The first-order chi connectivity index (χ1) is 14.1. The van der Waals surface area contributed by atoms with Crippen LogP contribution in [0.15, 0.2) is 48.7 Å². The lowest BCUT2D eigenvalue weighted by Crippen LogP contribution is -2.12. The van der Waals surface area contributed by atoms with Gasteiger partial charge in [-0.05, 0) is 36.4 Å². The molecule has 0 atom stereocenters. The van der Waals surface area contributed by atoms with E-state index in [0.29, 0.717) is 28.1 Å². The predicted octanol–water partition coefficient (Wildman–Crippen LogP) is 5.04. The highest BCUT2D eigenvalue weighted by atomic mass is 32.1. The number of hydrogen-bond donors (Lipinski definition) is 1. The number of rotatable bonds is 7. The van der Waals surface area contributed by atoms with E-state index in [2.05, 4.69) is 9.88 Å². The van der Waals surface area contributed by atoms with Crippen LogP contribution in [0.4, 0.5) is 10.1 Å². The van der Waals surface area contributed by atoms with E-state index < -0.39 is 0 Å². The average Bonchev–Trinajstić information content (AvgIpc) is 3.29. The highest BCUT2D eigenvalue weighted by Crippen LogP contribution is 2.34. The summed E-state index contributed by atoms with van der Waals surface area (Å²) in [5.74, 6) is -0.612. The first kappa shape index (κ1) is 19.6. The second-order valence-corrected chi connectivity index (χ2v) is 7.74. The van der Waals surface area contributed by atoms with Gasteiger partial charge in [-0.1, -0.05) is 6.07 Å². The van der Waals surface area contributed by atoms with Crippen molar-refractivity contribution in [1.29, 1.82) is 0 Å². The Morgan fingerprint density at radius 3 is 2.83 bits per heavy atom. The molecule has 0 radical (unpaired) electrons. The van der Waals surface area contributed by atoms with Crippen LogP contribution >= 0.6 is 11.3 Å². The molecule has 0 saturated heterocycles. The quantitative estimate of drug-likeness (QED) is 0.463. The Labute approximate surface area is 171 Å². The van der Waals surface area contributed by atoms with Gasteiger partial charge in [-0.15, -0.1) is 11.3 Å². The van der Waals surface area contributed by atoms with E-state index in [9.17, 15) is 9.18 Å². The lowest BCUT2D eigenvalue weighted by Gasteiger charge is -2.08. The third kappa shape index (κ3) is 3.76. The van der Waals surface area contributed by atoms with E-state index in [1.54, 1.807) is 13.2 Å². The Kier molecular flexibility index (Phi) is 5.62. The van der Waals surface area contributed by atoms with Gasteiger partial charge >= 0.3 is 0 Å². The summed E-state index contributed by atoms with van der Waals surface area (Å²) in [6.45, 7) is 1.57. The van der Waals surface area contributed by atoms with Crippen molar-refractivity contribution in [2.24, 2.45) is 0 Å². The summed E-state index contributed by atoms with van der Waals surface area (Å²) in [7, 11) is 3.21. The van der Waals surface area contributed by atoms with Crippen LogP contribution in [0.25, 0.3) is 21.0 Å². The van der Waals surface area contributed by atoms with Gasteiger partial charge in [0.05, 0.1) is 18.1 Å². The minimum atomic E-state index is -0.344. The van der Waals surface area contributed by atoms with Crippen molar-refractivity contribution in [1.82, 2.24) is 4.57 Å². The fourth-order valence-electron chi connectivity index (χ4n) is 3.48. The molecule has 0 aliphatic heterocycles. The highest BCUT2D eigenvalue weighted by Gasteiger charge is 2.21. The molecule has 2 aromatic heterocycles. The Balaban J connectivity index is 1.64. The maximum absolute atomic E-state index is 14.3. The number of fused-ring (bicyclic) bond motifs is 2. The number of anilines is 1. The molecule has 0 spiro atoms. The van der Waals surface area contributed by atoms with Crippen molar-refractivity contribution < 1.29 is 18.7 Å². The second kappa shape index (κ2) is 8.32. The van der Waals surface area contributed by atoms with Crippen molar-refractivity contribution in [3.8, 4) is 0 Å². The van der Waals surface area contributed by atoms with Crippen LogP contribution in [0, 0.1) is 5.82 Å². The summed E-state index contributed by atoms with van der Waals surface area (Å²) in [4.78, 5) is 13.4. The van der Waals surface area contributed by atoms with Gasteiger partial charge in [-0.3, -0.25) is 4.79 Å². The van der Waals surface area contributed by atoms with Crippen LogP contribution in [-0.2, 0) is 22.6 Å². The highest BCUT2D eigenvalue weighted by molar-refractivity contribution is 7.21. The van der Waals surface area contributed by atoms with Gasteiger partial charge in [-0.2, -0.15) is 0 Å². The minimum Gasteiger partial charge on any atom is -0.383 e. The number of halogens is 1. The fourth-order valence-corrected chi connectivity index (χ4v) is 4.60. The van der Waals surface area contributed by atoms with Crippen molar-refractivity contribution >= 4 is 43.9 Å². The lowest BCUT2D eigenvalue weighted by molar-refractivity contribution is 0.102. The molecule has 0 aliphatic carbocycles. The summed E-state index contributed by atoms with van der Waals surface area (Å²) >= 11 is 1.27. The molecule has 1 amide bonds. The van der Waals surface area contributed by atoms with Gasteiger partial charge in [0.15, 0.2) is 0 Å². The lowest BCUT2D eigenvalue weighted by atomic mass is 10.1. The van der Waals surface area contributed by atoms with E-state index in [-0.39, 0.29) is 18.3 Å². The van der Waals surface area contributed by atoms with Crippen molar-refractivity contribution in [3.05, 3.63) is 64.9 Å². The molecule has 2 aromatic carbocycles. The third-order valence-electron chi connectivity index (χ3n) is 4.82. The van der Waals surface area contributed by atoms with Crippen molar-refractivity contribution in [3.63, 3.8) is 0 Å². The Bertz CT molecular complexity index is 1180.